The second-order valence-electron chi connectivity index (χ2n) is 6.68. The van der Waals surface area contributed by atoms with Crippen LogP contribution < -0.4 is 14.8 Å². The van der Waals surface area contributed by atoms with Crippen LogP contribution in [0.4, 0.5) is 0 Å². The second-order valence-corrected chi connectivity index (χ2v) is 7.93. The fourth-order valence-corrected chi connectivity index (χ4v) is 3.31. The van der Waals surface area contributed by atoms with Crippen LogP contribution in [0.2, 0.25) is 15.1 Å². The van der Waals surface area contributed by atoms with Gasteiger partial charge in [0.05, 0.1) is 6.61 Å². The molecule has 0 bridgehead atoms. The van der Waals surface area contributed by atoms with Crippen LogP contribution in [0.25, 0.3) is 0 Å². The zero-order valence-electron chi connectivity index (χ0n) is 16.5. The molecule has 7 heteroatoms. The van der Waals surface area contributed by atoms with Crippen molar-refractivity contribution in [3.8, 4) is 11.5 Å². The molecule has 28 heavy (non-hydrogen) atoms. The number of benzene rings is 2. The molecule has 0 amide bonds. The Morgan fingerprint density at radius 1 is 0.929 bits per heavy atom. The van der Waals surface area contributed by atoms with Crippen LogP contribution in [0.3, 0.4) is 0 Å². The molecule has 0 heterocycles. The van der Waals surface area contributed by atoms with Crippen LogP contribution in [0.5, 0.6) is 11.5 Å². The number of nitrogens with zero attached hydrogens (tertiary/aromatic N) is 1. The van der Waals surface area contributed by atoms with Crippen molar-refractivity contribution in [3.05, 3.63) is 56.5 Å². The summed E-state index contributed by atoms with van der Waals surface area (Å²) in [6.45, 7) is 5.42. The summed E-state index contributed by atoms with van der Waals surface area (Å²) in [4.78, 5) is 2.17. The van der Waals surface area contributed by atoms with Crippen molar-refractivity contribution in [2.45, 2.75) is 26.5 Å². The van der Waals surface area contributed by atoms with E-state index in [2.05, 4.69) is 24.3 Å². The maximum atomic E-state index is 6.47. The normalized spacial score (nSPS) is 11.1. The molecule has 0 radical (unpaired) electrons. The number of ether oxygens (including phenoxy) is 2. The minimum Gasteiger partial charge on any atom is -0.490 e. The van der Waals surface area contributed by atoms with Crippen molar-refractivity contribution in [1.29, 1.82) is 0 Å². The molecule has 2 aromatic carbocycles. The van der Waals surface area contributed by atoms with Crippen molar-refractivity contribution >= 4 is 34.8 Å². The highest BCUT2D eigenvalue weighted by molar-refractivity contribution is 6.35. The Kier molecular flexibility index (Phi) is 9.69. The first-order valence-electron chi connectivity index (χ1n) is 9.28. The molecule has 2 rings (SSSR count). The van der Waals surface area contributed by atoms with E-state index < -0.39 is 0 Å². The van der Waals surface area contributed by atoms with Crippen LogP contribution in [-0.4, -0.2) is 38.7 Å². The van der Waals surface area contributed by atoms with Crippen LogP contribution in [0.1, 0.15) is 24.5 Å². The van der Waals surface area contributed by atoms with Gasteiger partial charge in [0.1, 0.15) is 6.61 Å². The molecule has 0 unspecified atom stereocenters. The zero-order chi connectivity index (χ0) is 20.5. The van der Waals surface area contributed by atoms with Crippen molar-refractivity contribution in [2.75, 3.05) is 33.8 Å². The number of nitrogens with one attached hydrogen (secondary N) is 1. The van der Waals surface area contributed by atoms with Gasteiger partial charge in [-0.2, -0.15) is 0 Å². The minimum absolute atomic E-state index is 0.300. The van der Waals surface area contributed by atoms with Gasteiger partial charge in [0, 0.05) is 33.2 Å². The SMILES string of the molecule is CCOc1cc(CNCCCN(C)C)c(Cl)cc1OCc1ccc(Cl)cc1Cl. The first kappa shape index (κ1) is 23.1. The van der Waals surface area contributed by atoms with E-state index in [-0.39, 0.29) is 0 Å². The lowest BCUT2D eigenvalue weighted by atomic mass is 10.2. The average Bonchev–Trinajstić information content (AvgIpc) is 2.63. The summed E-state index contributed by atoms with van der Waals surface area (Å²) in [5.74, 6) is 1.26. The van der Waals surface area contributed by atoms with Crippen molar-refractivity contribution in [3.63, 3.8) is 0 Å². The Morgan fingerprint density at radius 2 is 1.64 bits per heavy atom. The Balaban J connectivity index is 2.04. The van der Waals surface area contributed by atoms with Crippen LogP contribution in [0.15, 0.2) is 30.3 Å². The summed E-state index contributed by atoms with van der Waals surface area (Å²) in [5.41, 5.74) is 1.82. The molecule has 0 saturated carbocycles. The third kappa shape index (κ3) is 7.34. The Hall–Kier alpha value is -1.17. The molecule has 1 N–H and O–H groups in total. The van der Waals surface area contributed by atoms with Crippen LogP contribution in [0, 0.1) is 0 Å². The van der Waals surface area contributed by atoms with E-state index in [4.69, 9.17) is 44.3 Å². The predicted molar refractivity (Wildman–Crippen MR) is 118 cm³/mol. The topological polar surface area (TPSA) is 33.7 Å². The molecular formula is C21H27Cl3N2O2. The monoisotopic (exact) mass is 444 g/mol. The van der Waals surface area contributed by atoms with Gasteiger partial charge in [0.25, 0.3) is 0 Å². The molecule has 0 aliphatic heterocycles. The highest BCUT2D eigenvalue weighted by Gasteiger charge is 2.12. The van der Waals surface area contributed by atoms with Gasteiger partial charge in [-0.25, -0.2) is 0 Å². The Bertz CT molecular complexity index is 770. The van der Waals surface area contributed by atoms with Gasteiger partial charge in [0.15, 0.2) is 11.5 Å². The molecule has 154 valence electrons. The van der Waals surface area contributed by atoms with Crippen molar-refractivity contribution in [1.82, 2.24) is 10.2 Å². The summed E-state index contributed by atoms with van der Waals surface area (Å²) < 4.78 is 11.7. The standard InChI is InChI=1S/C21H27Cl3N2O2/c1-4-27-20-10-16(13-25-8-5-9-26(2)3)19(24)12-21(20)28-14-15-6-7-17(22)11-18(15)23/h6-7,10-12,25H,4-5,8-9,13-14H2,1-3H3. The molecule has 4 nitrogen and oxygen atoms in total. The van der Waals surface area contributed by atoms with E-state index in [9.17, 15) is 0 Å². The molecule has 0 spiro atoms. The molecule has 0 atom stereocenters. The van der Waals surface area contributed by atoms with Gasteiger partial charge in [-0.1, -0.05) is 40.9 Å². The molecule has 0 saturated heterocycles. The van der Waals surface area contributed by atoms with Gasteiger partial charge in [0.2, 0.25) is 0 Å². The first-order valence-corrected chi connectivity index (χ1v) is 10.4. The second kappa shape index (κ2) is 11.7. The highest BCUT2D eigenvalue weighted by Crippen LogP contribution is 2.35. The molecule has 2 aromatic rings. The zero-order valence-corrected chi connectivity index (χ0v) is 18.8. The lowest BCUT2D eigenvalue weighted by Gasteiger charge is -2.16. The lowest BCUT2D eigenvalue weighted by Crippen LogP contribution is -2.21. The number of rotatable bonds is 11. The van der Waals surface area contributed by atoms with E-state index in [1.54, 1.807) is 18.2 Å². The number of hydrogen-bond donors (Lipinski definition) is 1. The highest BCUT2D eigenvalue weighted by atomic mass is 35.5. The summed E-state index contributed by atoms with van der Waals surface area (Å²) in [6.07, 6.45) is 1.08. The fourth-order valence-electron chi connectivity index (χ4n) is 2.63. The largest absolute Gasteiger partial charge is 0.490 e. The number of halogens is 3. The maximum absolute atomic E-state index is 6.47. The first-order chi connectivity index (χ1) is 13.4. The molecule has 0 aliphatic rings. The average molecular weight is 446 g/mol. The molecule has 0 fully saturated rings. The fraction of sp³-hybridized carbons (Fsp3) is 0.429. The van der Waals surface area contributed by atoms with E-state index in [0.717, 1.165) is 30.6 Å². The van der Waals surface area contributed by atoms with Gasteiger partial charge >= 0.3 is 0 Å². The smallest absolute Gasteiger partial charge is 0.163 e. The summed E-state index contributed by atoms with van der Waals surface area (Å²) in [7, 11) is 4.14. The number of hydrogen-bond acceptors (Lipinski definition) is 4. The summed E-state index contributed by atoms with van der Waals surface area (Å²) in [6, 6.07) is 9.06. The third-order valence-corrected chi connectivity index (χ3v) is 5.02. The minimum atomic E-state index is 0.300. The molecule has 0 aliphatic carbocycles. The lowest BCUT2D eigenvalue weighted by molar-refractivity contribution is 0.269. The third-order valence-electron chi connectivity index (χ3n) is 4.09. The van der Waals surface area contributed by atoms with E-state index in [1.165, 1.54) is 0 Å². The quantitative estimate of drug-likeness (QED) is 0.452. The van der Waals surface area contributed by atoms with Crippen LogP contribution in [-0.2, 0) is 13.2 Å². The Morgan fingerprint density at radius 3 is 2.32 bits per heavy atom. The van der Waals surface area contributed by atoms with E-state index >= 15 is 0 Å². The van der Waals surface area contributed by atoms with Gasteiger partial charge in [-0.05, 0) is 64.3 Å². The van der Waals surface area contributed by atoms with E-state index in [0.29, 0.717) is 46.3 Å². The predicted octanol–water partition coefficient (Wildman–Crippen LogP) is 5.67. The van der Waals surface area contributed by atoms with Crippen molar-refractivity contribution < 1.29 is 9.47 Å². The molecular weight excluding hydrogens is 419 g/mol. The van der Waals surface area contributed by atoms with E-state index in [1.807, 2.05) is 19.1 Å². The summed E-state index contributed by atoms with van der Waals surface area (Å²) in [5, 5.41) is 5.22. The van der Waals surface area contributed by atoms with Gasteiger partial charge in [-0.3, -0.25) is 0 Å². The maximum Gasteiger partial charge on any atom is 0.163 e. The van der Waals surface area contributed by atoms with Gasteiger partial charge in [-0.15, -0.1) is 0 Å². The molecule has 0 aromatic heterocycles. The van der Waals surface area contributed by atoms with Crippen molar-refractivity contribution in [2.24, 2.45) is 0 Å². The van der Waals surface area contributed by atoms with Crippen LogP contribution >= 0.6 is 34.8 Å². The Labute approximate surface area is 182 Å². The van der Waals surface area contributed by atoms with Gasteiger partial charge < -0.3 is 19.7 Å². The summed E-state index contributed by atoms with van der Waals surface area (Å²) >= 11 is 18.6.